The molecule has 110 valence electrons. The van der Waals surface area contributed by atoms with Gasteiger partial charge in [-0.1, -0.05) is 6.92 Å². The number of anilines is 1. The summed E-state index contributed by atoms with van der Waals surface area (Å²) in [5.74, 6) is 0.948. The molecule has 0 saturated heterocycles. The van der Waals surface area contributed by atoms with Gasteiger partial charge in [0.15, 0.2) is 0 Å². The number of nitrogens with two attached hydrogens (primary N) is 1. The average Bonchev–Trinajstić information content (AvgIpc) is 2.83. The molecule has 1 aromatic carbocycles. The highest BCUT2D eigenvalue weighted by atomic mass is 15.2. The predicted octanol–water partition coefficient (Wildman–Crippen LogP) is 2.94. The number of fused-ring (bicyclic) bond motifs is 1. The van der Waals surface area contributed by atoms with Gasteiger partial charge >= 0.3 is 0 Å². The summed E-state index contributed by atoms with van der Waals surface area (Å²) in [5, 5.41) is 3.18. The van der Waals surface area contributed by atoms with Crippen molar-refractivity contribution >= 4 is 17.0 Å². The van der Waals surface area contributed by atoms with Crippen LogP contribution in [0, 0.1) is 0 Å². The molecule has 0 unspecified atom stereocenters. The summed E-state index contributed by atoms with van der Waals surface area (Å²) in [7, 11) is 1.93. The quantitative estimate of drug-likeness (QED) is 0.763. The van der Waals surface area contributed by atoms with Gasteiger partial charge in [0.1, 0.15) is 0 Å². The van der Waals surface area contributed by atoms with Crippen molar-refractivity contribution in [2.24, 2.45) is 5.73 Å². The summed E-state index contributed by atoms with van der Waals surface area (Å²) in [6.07, 6.45) is 4.41. The molecule has 3 N–H and O–H groups in total. The minimum Gasteiger partial charge on any atom is -0.359 e. The molecular formula is C16H26N4. The van der Waals surface area contributed by atoms with E-state index >= 15 is 0 Å². The van der Waals surface area contributed by atoms with Crippen LogP contribution in [-0.4, -0.2) is 23.1 Å². The van der Waals surface area contributed by atoms with E-state index in [1.807, 2.05) is 7.05 Å². The molecule has 0 amide bonds. The molecule has 0 atom stereocenters. The Hall–Kier alpha value is -1.55. The highest BCUT2D eigenvalue weighted by molar-refractivity contribution is 5.80. The van der Waals surface area contributed by atoms with Gasteiger partial charge in [0, 0.05) is 13.6 Å². The highest BCUT2D eigenvalue weighted by Crippen LogP contribution is 2.25. The first-order chi connectivity index (χ1) is 9.74. The summed E-state index contributed by atoms with van der Waals surface area (Å²) >= 11 is 0. The number of aromatic nitrogens is 2. The topological polar surface area (TPSA) is 55.9 Å². The SMILES string of the molecule is CCc1cc2c(cc1CCCCN)nc(NC)n2CC. The molecule has 0 radical (unpaired) electrons. The molecule has 1 aromatic heterocycles. The normalized spacial score (nSPS) is 11.2. The smallest absolute Gasteiger partial charge is 0.203 e. The maximum Gasteiger partial charge on any atom is 0.203 e. The van der Waals surface area contributed by atoms with E-state index in [-0.39, 0.29) is 0 Å². The van der Waals surface area contributed by atoms with Crippen LogP contribution in [0.4, 0.5) is 5.95 Å². The van der Waals surface area contributed by atoms with Crippen LogP contribution in [0.15, 0.2) is 12.1 Å². The predicted molar refractivity (Wildman–Crippen MR) is 86.3 cm³/mol. The van der Waals surface area contributed by atoms with Crippen LogP contribution in [0.2, 0.25) is 0 Å². The largest absolute Gasteiger partial charge is 0.359 e. The number of unbranched alkanes of at least 4 members (excludes halogenated alkanes) is 1. The molecule has 4 nitrogen and oxygen atoms in total. The zero-order chi connectivity index (χ0) is 14.5. The molecule has 0 aliphatic carbocycles. The van der Waals surface area contributed by atoms with Crippen molar-refractivity contribution in [1.29, 1.82) is 0 Å². The summed E-state index contributed by atoms with van der Waals surface area (Å²) in [6, 6.07) is 4.57. The minimum absolute atomic E-state index is 0.776. The minimum atomic E-state index is 0.776. The second-order valence-corrected chi connectivity index (χ2v) is 5.14. The Balaban J connectivity index is 2.44. The Bertz CT molecular complexity index is 571. The van der Waals surface area contributed by atoms with Crippen LogP contribution >= 0.6 is 0 Å². The lowest BCUT2D eigenvalue weighted by Crippen LogP contribution is -2.02. The van der Waals surface area contributed by atoms with Crippen LogP contribution in [0.5, 0.6) is 0 Å². The summed E-state index contributed by atoms with van der Waals surface area (Å²) in [6.45, 7) is 6.09. The first-order valence-corrected chi connectivity index (χ1v) is 7.64. The molecule has 4 heteroatoms. The zero-order valence-corrected chi connectivity index (χ0v) is 12.9. The number of aryl methyl sites for hydroxylation is 3. The molecule has 0 bridgehead atoms. The van der Waals surface area contributed by atoms with Gasteiger partial charge in [-0.3, -0.25) is 0 Å². The van der Waals surface area contributed by atoms with Gasteiger partial charge in [0.25, 0.3) is 0 Å². The molecule has 1 heterocycles. The van der Waals surface area contributed by atoms with Gasteiger partial charge in [-0.25, -0.2) is 4.98 Å². The number of nitrogens with zero attached hydrogens (tertiary/aromatic N) is 2. The van der Waals surface area contributed by atoms with E-state index in [1.165, 1.54) is 16.6 Å². The van der Waals surface area contributed by atoms with Crippen molar-refractivity contribution in [3.05, 3.63) is 23.3 Å². The Morgan fingerprint density at radius 3 is 2.60 bits per heavy atom. The third-order valence-electron chi connectivity index (χ3n) is 3.89. The van der Waals surface area contributed by atoms with Crippen molar-refractivity contribution < 1.29 is 0 Å². The maximum absolute atomic E-state index is 5.59. The van der Waals surface area contributed by atoms with Crippen molar-refractivity contribution in [2.45, 2.75) is 46.1 Å². The Labute approximate surface area is 121 Å². The van der Waals surface area contributed by atoms with Gasteiger partial charge in [-0.2, -0.15) is 0 Å². The van der Waals surface area contributed by atoms with Crippen molar-refractivity contribution in [2.75, 3.05) is 18.9 Å². The standard InChI is InChI=1S/C16H26N4/c1-4-12-11-15-14(10-13(12)8-6-7-9-17)19-16(18-3)20(15)5-2/h10-11H,4-9,17H2,1-3H3,(H,18,19). The van der Waals surface area contributed by atoms with E-state index < -0.39 is 0 Å². The van der Waals surface area contributed by atoms with Crippen LogP contribution in [-0.2, 0) is 19.4 Å². The Morgan fingerprint density at radius 2 is 2.00 bits per heavy atom. The number of imidazole rings is 1. The van der Waals surface area contributed by atoms with Crippen molar-refractivity contribution in [1.82, 2.24) is 9.55 Å². The van der Waals surface area contributed by atoms with E-state index in [9.17, 15) is 0 Å². The number of rotatable bonds is 7. The molecule has 2 rings (SSSR count). The summed E-state index contributed by atoms with van der Waals surface area (Å²) in [5.41, 5.74) is 10.8. The number of benzene rings is 1. The first-order valence-electron chi connectivity index (χ1n) is 7.64. The maximum atomic E-state index is 5.59. The molecule has 20 heavy (non-hydrogen) atoms. The molecule has 0 aliphatic heterocycles. The number of hydrogen-bond acceptors (Lipinski definition) is 3. The van der Waals surface area contributed by atoms with Crippen LogP contribution in [0.1, 0.15) is 37.8 Å². The van der Waals surface area contributed by atoms with E-state index in [2.05, 4.69) is 35.9 Å². The fourth-order valence-electron chi connectivity index (χ4n) is 2.79. The number of hydrogen-bond donors (Lipinski definition) is 2. The average molecular weight is 274 g/mol. The first kappa shape index (κ1) is 14.9. The van der Waals surface area contributed by atoms with Crippen LogP contribution < -0.4 is 11.1 Å². The fourth-order valence-corrected chi connectivity index (χ4v) is 2.79. The van der Waals surface area contributed by atoms with Crippen LogP contribution in [0.25, 0.3) is 11.0 Å². The molecular weight excluding hydrogens is 248 g/mol. The van der Waals surface area contributed by atoms with E-state index in [0.29, 0.717) is 0 Å². The van der Waals surface area contributed by atoms with Gasteiger partial charge in [-0.05, 0) is 62.4 Å². The third-order valence-corrected chi connectivity index (χ3v) is 3.89. The lowest BCUT2D eigenvalue weighted by Gasteiger charge is -2.09. The highest BCUT2D eigenvalue weighted by Gasteiger charge is 2.11. The van der Waals surface area contributed by atoms with Gasteiger partial charge in [-0.15, -0.1) is 0 Å². The van der Waals surface area contributed by atoms with E-state index in [1.54, 1.807) is 0 Å². The molecule has 2 aromatic rings. The molecule has 0 aliphatic rings. The summed E-state index contributed by atoms with van der Waals surface area (Å²) < 4.78 is 2.23. The molecule has 0 spiro atoms. The van der Waals surface area contributed by atoms with Gasteiger partial charge in [0.05, 0.1) is 11.0 Å². The van der Waals surface area contributed by atoms with Crippen molar-refractivity contribution in [3.63, 3.8) is 0 Å². The van der Waals surface area contributed by atoms with Gasteiger partial charge in [0.2, 0.25) is 5.95 Å². The molecule has 0 saturated carbocycles. The second-order valence-electron chi connectivity index (χ2n) is 5.14. The fraction of sp³-hybridized carbons (Fsp3) is 0.562. The Kier molecular flexibility index (Phi) is 5.01. The van der Waals surface area contributed by atoms with E-state index in [0.717, 1.165) is 50.2 Å². The monoisotopic (exact) mass is 274 g/mol. The molecule has 0 fully saturated rings. The number of nitrogens with one attached hydrogen (secondary N) is 1. The van der Waals surface area contributed by atoms with Crippen molar-refractivity contribution in [3.8, 4) is 0 Å². The van der Waals surface area contributed by atoms with Crippen LogP contribution in [0.3, 0.4) is 0 Å². The Morgan fingerprint density at radius 1 is 1.20 bits per heavy atom. The zero-order valence-electron chi connectivity index (χ0n) is 12.9. The lowest BCUT2D eigenvalue weighted by atomic mass is 9.99. The third kappa shape index (κ3) is 2.80. The second kappa shape index (κ2) is 6.75. The van der Waals surface area contributed by atoms with Gasteiger partial charge < -0.3 is 15.6 Å². The summed E-state index contributed by atoms with van der Waals surface area (Å²) in [4.78, 5) is 4.69. The van der Waals surface area contributed by atoms with E-state index in [4.69, 9.17) is 10.7 Å². The lowest BCUT2D eigenvalue weighted by molar-refractivity contribution is 0.740.